The van der Waals surface area contributed by atoms with Gasteiger partial charge in [-0.15, -0.1) is 0 Å². The molecule has 0 aromatic heterocycles. The molecule has 0 saturated carbocycles. The standard InChI is InChI=1S/C16H19FN2O/c17-14-4-3-13(12(8-14)2-1-7-18)9-19-10-15-5-6-16(11-19)20-15/h3-4,8,15-16H,5-7,9-11,18H2. The highest BCUT2D eigenvalue weighted by atomic mass is 19.1. The number of halogens is 1. The maximum Gasteiger partial charge on any atom is 0.124 e. The van der Waals surface area contributed by atoms with Crippen LogP contribution in [0.3, 0.4) is 0 Å². The molecule has 2 aliphatic rings. The van der Waals surface area contributed by atoms with Crippen LogP contribution in [-0.2, 0) is 11.3 Å². The number of rotatable bonds is 2. The zero-order valence-electron chi connectivity index (χ0n) is 11.4. The fourth-order valence-corrected chi connectivity index (χ4v) is 3.02. The topological polar surface area (TPSA) is 38.5 Å². The number of morpholine rings is 1. The second-order valence-corrected chi connectivity index (χ2v) is 5.46. The van der Waals surface area contributed by atoms with Crippen LogP contribution in [0.4, 0.5) is 4.39 Å². The van der Waals surface area contributed by atoms with Gasteiger partial charge in [0.15, 0.2) is 0 Å². The lowest BCUT2D eigenvalue weighted by molar-refractivity contribution is -0.0410. The van der Waals surface area contributed by atoms with Crippen LogP contribution in [0.2, 0.25) is 0 Å². The van der Waals surface area contributed by atoms with Gasteiger partial charge in [0, 0.05) is 25.2 Å². The van der Waals surface area contributed by atoms with Gasteiger partial charge in [-0.1, -0.05) is 17.9 Å². The molecule has 0 spiro atoms. The van der Waals surface area contributed by atoms with Gasteiger partial charge in [0.25, 0.3) is 0 Å². The van der Waals surface area contributed by atoms with Crippen molar-refractivity contribution in [1.29, 1.82) is 0 Å². The maximum absolute atomic E-state index is 13.4. The van der Waals surface area contributed by atoms with E-state index in [1.54, 1.807) is 0 Å². The molecule has 2 aliphatic heterocycles. The first-order chi connectivity index (χ1) is 9.74. The summed E-state index contributed by atoms with van der Waals surface area (Å²) in [6.45, 7) is 3.00. The zero-order valence-corrected chi connectivity index (χ0v) is 11.4. The molecule has 2 N–H and O–H groups in total. The van der Waals surface area contributed by atoms with Crippen molar-refractivity contribution in [2.75, 3.05) is 19.6 Å². The van der Waals surface area contributed by atoms with Gasteiger partial charge in [-0.25, -0.2) is 4.39 Å². The van der Waals surface area contributed by atoms with Crippen molar-refractivity contribution in [3.63, 3.8) is 0 Å². The molecule has 2 fully saturated rings. The van der Waals surface area contributed by atoms with E-state index in [0.717, 1.165) is 43.6 Å². The summed E-state index contributed by atoms with van der Waals surface area (Å²) >= 11 is 0. The third-order valence-corrected chi connectivity index (χ3v) is 3.91. The molecule has 2 atom stereocenters. The van der Waals surface area contributed by atoms with Gasteiger partial charge in [-0.05, 0) is 30.5 Å². The van der Waals surface area contributed by atoms with Crippen LogP contribution in [0.1, 0.15) is 24.0 Å². The van der Waals surface area contributed by atoms with Crippen molar-refractivity contribution < 1.29 is 9.13 Å². The van der Waals surface area contributed by atoms with Crippen LogP contribution in [0.5, 0.6) is 0 Å². The summed E-state index contributed by atoms with van der Waals surface area (Å²) in [6.07, 6.45) is 3.05. The van der Waals surface area contributed by atoms with Crippen molar-refractivity contribution in [2.24, 2.45) is 5.73 Å². The molecule has 2 unspecified atom stereocenters. The highest BCUT2D eigenvalue weighted by Gasteiger charge is 2.33. The van der Waals surface area contributed by atoms with Crippen molar-refractivity contribution in [1.82, 2.24) is 4.90 Å². The summed E-state index contributed by atoms with van der Waals surface area (Å²) in [5, 5.41) is 0. The summed E-state index contributed by atoms with van der Waals surface area (Å²) in [6, 6.07) is 4.82. The predicted molar refractivity (Wildman–Crippen MR) is 75.5 cm³/mol. The number of likely N-dealkylation sites (tertiary alicyclic amines) is 1. The summed E-state index contributed by atoms with van der Waals surface area (Å²) < 4.78 is 19.2. The Bertz CT molecular complexity index is 537. The lowest BCUT2D eigenvalue weighted by Crippen LogP contribution is -2.42. The van der Waals surface area contributed by atoms with Gasteiger partial charge in [0.05, 0.1) is 18.8 Å². The van der Waals surface area contributed by atoms with Gasteiger partial charge < -0.3 is 10.5 Å². The summed E-state index contributed by atoms with van der Waals surface area (Å²) in [5.41, 5.74) is 7.21. The second-order valence-electron chi connectivity index (χ2n) is 5.46. The SMILES string of the molecule is NCC#Cc1cc(F)ccc1CN1CC2CCC(C1)O2. The minimum atomic E-state index is -0.253. The lowest BCUT2D eigenvalue weighted by atomic mass is 10.1. The Hall–Kier alpha value is -1.41. The average Bonchev–Trinajstić information content (AvgIpc) is 2.78. The minimum Gasteiger partial charge on any atom is -0.372 e. The third kappa shape index (κ3) is 3.01. The highest BCUT2D eigenvalue weighted by molar-refractivity contribution is 5.42. The molecule has 2 bridgehead atoms. The van der Waals surface area contributed by atoms with Crippen LogP contribution >= 0.6 is 0 Å². The van der Waals surface area contributed by atoms with E-state index >= 15 is 0 Å². The molecule has 0 aliphatic carbocycles. The number of nitrogens with zero attached hydrogens (tertiary/aromatic N) is 1. The Kier molecular flexibility index (Phi) is 4.02. The maximum atomic E-state index is 13.4. The minimum absolute atomic E-state index is 0.253. The van der Waals surface area contributed by atoms with E-state index < -0.39 is 0 Å². The number of hydrogen-bond donors (Lipinski definition) is 1. The fourth-order valence-electron chi connectivity index (χ4n) is 3.02. The molecule has 0 radical (unpaired) electrons. The van der Waals surface area contributed by atoms with E-state index in [0.29, 0.717) is 12.2 Å². The zero-order chi connectivity index (χ0) is 13.9. The number of benzene rings is 1. The molecule has 2 heterocycles. The van der Waals surface area contributed by atoms with Crippen molar-refractivity contribution in [2.45, 2.75) is 31.6 Å². The first-order valence-corrected chi connectivity index (χ1v) is 7.10. The van der Waals surface area contributed by atoms with E-state index in [4.69, 9.17) is 10.5 Å². The van der Waals surface area contributed by atoms with E-state index in [1.807, 2.05) is 6.07 Å². The van der Waals surface area contributed by atoms with Crippen molar-refractivity contribution >= 4 is 0 Å². The smallest absolute Gasteiger partial charge is 0.124 e. The fraction of sp³-hybridized carbons (Fsp3) is 0.500. The Morgan fingerprint density at radius 1 is 1.30 bits per heavy atom. The Labute approximate surface area is 118 Å². The van der Waals surface area contributed by atoms with E-state index in [9.17, 15) is 4.39 Å². The Morgan fingerprint density at radius 3 is 2.75 bits per heavy atom. The molecule has 1 aromatic carbocycles. The molecule has 0 amide bonds. The van der Waals surface area contributed by atoms with Gasteiger partial charge in [0.2, 0.25) is 0 Å². The first kappa shape index (κ1) is 13.6. The highest BCUT2D eigenvalue weighted by Crippen LogP contribution is 2.27. The molecule has 20 heavy (non-hydrogen) atoms. The number of ether oxygens (including phenoxy) is 1. The predicted octanol–water partition coefficient (Wildman–Crippen LogP) is 1.50. The molecular formula is C16H19FN2O. The molecule has 3 rings (SSSR count). The van der Waals surface area contributed by atoms with E-state index in [2.05, 4.69) is 16.7 Å². The first-order valence-electron chi connectivity index (χ1n) is 7.10. The lowest BCUT2D eigenvalue weighted by Gasteiger charge is -2.32. The van der Waals surface area contributed by atoms with Crippen molar-refractivity contribution in [3.05, 3.63) is 35.1 Å². The quantitative estimate of drug-likeness (QED) is 0.831. The van der Waals surface area contributed by atoms with Gasteiger partial charge in [-0.3, -0.25) is 4.90 Å². The summed E-state index contributed by atoms with van der Waals surface area (Å²) in [4.78, 5) is 2.38. The number of fused-ring (bicyclic) bond motifs is 2. The van der Waals surface area contributed by atoms with Gasteiger partial charge in [0.1, 0.15) is 5.82 Å². The van der Waals surface area contributed by atoms with Crippen LogP contribution in [-0.4, -0.2) is 36.7 Å². The van der Waals surface area contributed by atoms with E-state index in [1.165, 1.54) is 12.1 Å². The molecule has 1 aromatic rings. The van der Waals surface area contributed by atoms with E-state index in [-0.39, 0.29) is 12.4 Å². The average molecular weight is 274 g/mol. The Morgan fingerprint density at radius 2 is 2.05 bits per heavy atom. The summed E-state index contributed by atoms with van der Waals surface area (Å²) in [7, 11) is 0. The molecular weight excluding hydrogens is 255 g/mol. The normalized spacial score (nSPS) is 25.3. The Balaban J connectivity index is 1.76. The van der Waals surface area contributed by atoms with Crippen molar-refractivity contribution in [3.8, 4) is 11.8 Å². The van der Waals surface area contributed by atoms with Crippen LogP contribution < -0.4 is 5.73 Å². The van der Waals surface area contributed by atoms with Gasteiger partial charge in [-0.2, -0.15) is 0 Å². The van der Waals surface area contributed by atoms with Crippen LogP contribution in [0, 0.1) is 17.7 Å². The molecule has 4 heteroatoms. The molecule has 2 saturated heterocycles. The molecule has 106 valence electrons. The number of hydrogen-bond acceptors (Lipinski definition) is 3. The largest absolute Gasteiger partial charge is 0.372 e. The van der Waals surface area contributed by atoms with Crippen LogP contribution in [0.25, 0.3) is 0 Å². The van der Waals surface area contributed by atoms with Gasteiger partial charge >= 0.3 is 0 Å². The number of nitrogens with two attached hydrogens (primary N) is 1. The van der Waals surface area contributed by atoms with Crippen LogP contribution in [0.15, 0.2) is 18.2 Å². The molecule has 3 nitrogen and oxygen atoms in total. The second kappa shape index (κ2) is 5.92. The summed E-state index contributed by atoms with van der Waals surface area (Å²) in [5.74, 6) is 5.52. The third-order valence-electron chi connectivity index (χ3n) is 3.91. The monoisotopic (exact) mass is 274 g/mol.